The van der Waals surface area contributed by atoms with Crippen molar-refractivity contribution in [2.45, 2.75) is 6.18 Å². The van der Waals surface area contributed by atoms with Crippen LogP contribution in [0.5, 0.6) is 17.4 Å². The lowest BCUT2D eigenvalue weighted by Crippen LogP contribution is -2.10. The zero-order valence-corrected chi connectivity index (χ0v) is 20.3. The minimum absolute atomic E-state index is 0.118. The fraction of sp³-hybridized carbons (Fsp3) is 0.120. The first-order valence-corrected chi connectivity index (χ1v) is 11.0. The Morgan fingerprint density at radius 1 is 0.944 bits per heavy atom. The second kappa shape index (κ2) is 10.1. The summed E-state index contributed by atoms with van der Waals surface area (Å²) in [4.78, 5) is 11.8. The highest BCUT2D eigenvalue weighted by atomic mass is 35.5. The Kier molecular flexibility index (Phi) is 7.14. The van der Waals surface area contributed by atoms with Crippen LogP contribution in [0.3, 0.4) is 0 Å². The van der Waals surface area contributed by atoms with Crippen LogP contribution in [0, 0.1) is 0 Å². The Hall–Kier alpha value is -3.69. The van der Waals surface area contributed by atoms with Crippen LogP contribution in [0.4, 0.5) is 13.2 Å². The van der Waals surface area contributed by atoms with Gasteiger partial charge in [0.05, 0.1) is 36.6 Å². The number of rotatable bonds is 6. The molecule has 0 spiro atoms. The van der Waals surface area contributed by atoms with Crippen LogP contribution in [-0.4, -0.2) is 30.0 Å². The number of esters is 1. The molecule has 0 saturated heterocycles. The Balaban J connectivity index is 1.85. The molecular formula is C25H17Cl2F3N2O4. The molecule has 0 aliphatic rings. The smallest absolute Gasteiger partial charge is 0.420 e. The van der Waals surface area contributed by atoms with Gasteiger partial charge in [0.15, 0.2) is 0 Å². The molecule has 0 saturated carbocycles. The molecule has 0 radical (unpaired) electrons. The maximum absolute atomic E-state index is 13.9. The standard InChI is InChI=1S/C25H17Cl2F3N2O4/c1-34-19-6-3-14(4-7-19)20-13-32(18-11-16(26)10-17(27)12-18)31-23(20)36-22-8-5-15(24(33)35-2)9-21(22)25(28,29)30/h3-13H,1-2H3. The fourth-order valence-electron chi connectivity index (χ4n) is 3.40. The van der Waals surface area contributed by atoms with Gasteiger partial charge < -0.3 is 14.2 Å². The van der Waals surface area contributed by atoms with Crippen LogP contribution < -0.4 is 9.47 Å². The molecule has 0 aliphatic heterocycles. The number of aromatic nitrogens is 2. The van der Waals surface area contributed by atoms with Gasteiger partial charge in [0, 0.05) is 16.2 Å². The van der Waals surface area contributed by atoms with E-state index in [1.165, 1.54) is 23.9 Å². The van der Waals surface area contributed by atoms with E-state index in [9.17, 15) is 18.0 Å². The van der Waals surface area contributed by atoms with Crippen molar-refractivity contribution in [2.24, 2.45) is 0 Å². The molecule has 0 aliphatic carbocycles. The number of methoxy groups -OCH3 is 2. The van der Waals surface area contributed by atoms with Crippen molar-refractivity contribution in [1.29, 1.82) is 0 Å². The van der Waals surface area contributed by atoms with E-state index in [2.05, 4.69) is 9.84 Å². The molecule has 0 bridgehead atoms. The van der Waals surface area contributed by atoms with Crippen molar-refractivity contribution in [3.8, 4) is 34.2 Å². The minimum atomic E-state index is -4.82. The van der Waals surface area contributed by atoms with E-state index >= 15 is 0 Å². The third-order valence-corrected chi connectivity index (χ3v) is 5.54. The third kappa shape index (κ3) is 5.42. The Morgan fingerprint density at radius 2 is 1.61 bits per heavy atom. The van der Waals surface area contributed by atoms with E-state index in [-0.39, 0.29) is 11.4 Å². The summed E-state index contributed by atoms with van der Waals surface area (Å²) in [7, 11) is 2.59. The number of carbonyl (C=O) groups excluding carboxylic acids is 1. The van der Waals surface area contributed by atoms with Crippen LogP contribution in [0.15, 0.2) is 66.9 Å². The first kappa shape index (κ1) is 25.4. The van der Waals surface area contributed by atoms with Crippen LogP contribution in [0.2, 0.25) is 10.0 Å². The predicted octanol–water partition coefficient (Wildman–Crippen LogP) is 7.45. The van der Waals surface area contributed by atoms with Crippen molar-refractivity contribution in [3.05, 3.63) is 88.0 Å². The Bertz CT molecular complexity index is 1400. The first-order chi connectivity index (χ1) is 17.1. The maximum atomic E-state index is 13.9. The number of hydrogen-bond acceptors (Lipinski definition) is 5. The summed E-state index contributed by atoms with van der Waals surface area (Å²) in [6, 6.07) is 14.4. The SMILES string of the molecule is COC(=O)c1ccc(Oc2nn(-c3cc(Cl)cc(Cl)c3)cc2-c2ccc(OC)cc2)c(C(F)(F)F)c1. The van der Waals surface area contributed by atoms with Gasteiger partial charge in [-0.2, -0.15) is 13.2 Å². The molecule has 0 unspecified atom stereocenters. The quantitative estimate of drug-likeness (QED) is 0.239. The number of hydrogen-bond donors (Lipinski definition) is 0. The van der Waals surface area contributed by atoms with Gasteiger partial charge in [0.2, 0.25) is 5.88 Å². The third-order valence-electron chi connectivity index (χ3n) is 5.11. The lowest BCUT2D eigenvalue weighted by molar-refractivity contribution is -0.138. The second-order valence-electron chi connectivity index (χ2n) is 7.45. The van der Waals surface area contributed by atoms with E-state index in [4.69, 9.17) is 32.7 Å². The zero-order valence-electron chi connectivity index (χ0n) is 18.8. The average Bonchev–Trinajstić information content (AvgIpc) is 3.26. The Labute approximate surface area is 213 Å². The van der Waals surface area contributed by atoms with Gasteiger partial charge in [0.25, 0.3) is 0 Å². The van der Waals surface area contributed by atoms with Crippen LogP contribution in [0.25, 0.3) is 16.8 Å². The van der Waals surface area contributed by atoms with Gasteiger partial charge in [-0.25, -0.2) is 9.48 Å². The van der Waals surface area contributed by atoms with E-state index in [0.717, 1.165) is 13.2 Å². The highest BCUT2D eigenvalue weighted by Gasteiger charge is 2.36. The molecule has 0 amide bonds. The number of benzene rings is 3. The molecule has 36 heavy (non-hydrogen) atoms. The number of carbonyl (C=O) groups is 1. The minimum Gasteiger partial charge on any atom is -0.497 e. The van der Waals surface area contributed by atoms with Gasteiger partial charge in [-0.15, -0.1) is 5.10 Å². The molecule has 0 atom stereocenters. The molecule has 0 N–H and O–H groups in total. The topological polar surface area (TPSA) is 62.6 Å². The summed E-state index contributed by atoms with van der Waals surface area (Å²) in [6.45, 7) is 0. The van der Waals surface area contributed by atoms with E-state index < -0.39 is 23.5 Å². The molecule has 1 aromatic heterocycles. The number of halogens is 5. The molecule has 3 aromatic carbocycles. The lowest BCUT2D eigenvalue weighted by atomic mass is 10.1. The molecule has 4 aromatic rings. The summed E-state index contributed by atoms with van der Waals surface area (Å²) >= 11 is 12.2. The molecule has 186 valence electrons. The highest BCUT2D eigenvalue weighted by molar-refractivity contribution is 6.34. The van der Waals surface area contributed by atoms with Crippen molar-refractivity contribution in [1.82, 2.24) is 9.78 Å². The van der Waals surface area contributed by atoms with Crippen molar-refractivity contribution >= 4 is 29.2 Å². The zero-order chi connectivity index (χ0) is 26.0. The summed E-state index contributed by atoms with van der Waals surface area (Å²) in [5, 5.41) is 5.05. The van der Waals surface area contributed by atoms with Gasteiger partial charge in [-0.3, -0.25) is 0 Å². The van der Waals surface area contributed by atoms with Crippen LogP contribution in [0.1, 0.15) is 15.9 Å². The van der Waals surface area contributed by atoms with Crippen LogP contribution >= 0.6 is 23.2 Å². The predicted molar refractivity (Wildman–Crippen MR) is 128 cm³/mol. The van der Waals surface area contributed by atoms with Gasteiger partial charge in [-0.05, 0) is 54.1 Å². The summed E-state index contributed by atoms with van der Waals surface area (Å²) in [5.74, 6) is -0.979. The maximum Gasteiger partial charge on any atom is 0.420 e. The molecular weight excluding hydrogens is 520 g/mol. The molecule has 0 fully saturated rings. The molecule has 6 nitrogen and oxygen atoms in total. The van der Waals surface area contributed by atoms with Gasteiger partial charge in [-0.1, -0.05) is 35.3 Å². The second-order valence-corrected chi connectivity index (χ2v) is 8.32. The molecule has 4 rings (SSSR count). The van der Waals surface area contributed by atoms with Crippen molar-refractivity contribution < 1.29 is 32.2 Å². The monoisotopic (exact) mass is 536 g/mol. The van der Waals surface area contributed by atoms with Crippen LogP contribution in [-0.2, 0) is 10.9 Å². The lowest BCUT2D eigenvalue weighted by Gasteiger charge is -2.14. The highest BCUT2D eigenvalue weighted by Crippen LogP contribution is 2.41. The van der Waals surface area contributed by atoms with Gasteiger partial charge in [0.1, 0.15) is 11.5 Å². The summed E-state index contributed by atoms with van der Waals surface area (Å²) in [6.07, 6.45) is -3.24. The largest absolute Gasteiger partial charge is 0.497 e. The van der Waals surface area contributed by atoms with Gasteiger partial charge >= 0.3 is 12.1 Å². The first-order valence-electron chi connectivity index (χ1n) is 10.3. The van der Waals surface area contributed by atoms with Crippen molar-refractivity contribution in [2.75, 3.05) is 14.2 Å². The summed E-state index contributed by atoms with van der Waals surface area (Å²) in [5.41, 5.74) is 0.0242. The fourth-order valence-corrected chi connectivity index (χ4v) is 3.91. The average molecular weight is 537 g/mol. The molecule has 1 heterocycles. The number of nitrogens with zero attached hydrogens (tertiary/aromatic N) is 2. The van der Waals surface area contributed by atoms with E-state index in [1.54, 1.807) is 42.6 Å². The van der Waals surface area contributed by atoms with E-state index in [0.29, 0.717) is 38.7 Å². The molecule has 11 heteroatoms. The summed E-state index contributed by atoms with van der Waals surface area (Å²) < 4.78 is 58.4. The normalized spacial score (nSPS) is 11.3. The number of alkyl halides is 3. The van der Waals surface area contributed by atoms with E-state index in [1.807, 2.05) is 0 Å². The Morgan fingerprint density at radius 3 is 2.19 bits per heavy atom. The number of ether oxygens (including phenoxy) is 3. The van der Waals surface area contributed by atoms with Crippen molar-refractivity contribution in [3.63, 3.8) is 0 Å².